The molecule has 0 radical (unpaired) electrons. The van der Waals surface area contributed by atoms with E-state index in [9.17, 15) is 47.5 Å². The first-order valence-corrected chi connectivity index (χ1v) is 25.5. The Balaban J connectivity index is 1.42. The summed E-state index contributed by atoms with van der Waals surface area (Å²) in [4.78, 5) is 4.06. The number of benzene rings is 4. The second kappa shape index (κ2) is 17.1. The number of sulfonamides is 1. The number of hydrogen-bond acceptors (Lipinski definition) is 8. The Morgan fingerprint density at radius 1 is 0.609 bits per heavy atom. The van der Waals surface area contributed by atoms with Gasteiger partial charge in [0, 0.05) is 46.7 Å². The highest BCUT2D eigenvalue weighted by molar-refractivity contribution is 7.86. The van der Waals surface area contributed by atoms with Crippen LogP contribution < -0.4 is 9.80 Å². The Morgan fingerprint density at radius 2 is 1.09 bits per heavy atom. The molecule has 0 amide bonds. The molecule has 0 unspecified atom stereocenters. The SMILES string of the molecule is C[N+](=C1C(=CC=C2N(CCCCS(=O)(=O)O)c3ccc4ccccc4c3C2(C)C)c2ccccc2/C1=C\C=C1\N(CCCCS(=O)(=O)O)c2ccccc2C1(C)C)S(=O)(=O)C(F)(F)F. The number of alkyl halides is 3. The Morgan fingerprint density at radius 3 is 1.64 bits per heavy atom. The van der Waals surface area contributed by atoms with Crippen molar-refractivity contribution < 1.29 is 51.5 Å². The van der Waals surface area contributed by atoms with Gasteiger partial charge < -0.3 is 9.80 Å². The van der Waals surface area contributed by atoms with Crippen LogP contribution in [0.5, 0.6) is 0 Å². The highest BCUT2D eigenvalue weighted by atomic mass is 32.2. The molecule has 0 saturated heterocycles. The average Bonchev–Trinajstić information content (AvgIpc) is 3.73. The molecule has 4 aromatic rings. The van der Waals surface area contributed by atoms with Crippen LogP contribution in [0.25, 0.3) is 21.9 Å². The number of unbranched alkanes of at least 4 members (excludes halogenated alkanes) is 2. The molecular weight excluding hydrogens is 888 g/mol. The van der Waals surface area contributed by atoms with Crippen molar-refractivity contribution in [1.82, 2.24) is 0 Å². The van der Waals surface area contributed by atoms with Gasteiger partial charge >= 0.3 is 15.5 Å². The molecule has 3 aliphatic rings. The lowest BCUT2D eigenvalue weighted by atomic mass is 9.81. The summed E-state index contributed by atoms with van der Waals surface area (Å²) < 4.78 is 136. The maximum atomic E-state index is 14.5. The van der Waals surface area contributed by atoms with Gasteiger partial charge in [-0.2, -0.15) is 38.4 Å². The molecule has 0 atom stereocenters. The van der Waals surface area contributed by atoms with Crippen LogP contribution in [0.15, 0.2) is 121 Å². The Hall–Kier alpha value is -5.07. The van der Waals surface area contributed by atoms with E-state index in [1.54, 1.807) is 48.6 Å². The van der Waals surface area contributed by atoms with Crippen LogP contribution in [0.2, 0.25) is 0 Å². The van der Waals surface area contributed by atoms with Crippen LogP contribution in [0.1, 0.15) is 75.6 Å². The molecule has 2 N–H and O–H groups in total. The summed E-state index contributed by atoms with van der Waals surface area (Å²) in [6.45, 7) is 8.76. The number of halogens is 3. The van der Waals surface area contributed by atoms with Crippen LogP contribution in [0.3, 0.4) is 0 Å². The van der Waals surface area contributed by atoms with E-state index in [0.717, 1.165) is 51.7 Å². The lowest BCUT2D eigenvalue weighted by Gasteiger charge is -2.27. The zero-order valence-electron chi connectivity index (χ0n) is 36.1. The first-order valence-electron chi connectivity index (χ1n) is 20.8. The van der Waals surface area contributed by atoms with E-state index in [-0.39, 0.29) is 29.7 Å². The summed E-state index contributed by atoms with van der Waals surface area (Å²) in [5.41, 5.74) is -0.561. The van der Waals surface area contributed by atoms with Crippen molar-refractivity contribution in [3.63, 3.8) is 0 Å². The van der Waals surface area contributed by atoms with Gasteiger partial charge in [-0.25, -0.2) is 0 Å². The first kappa shape index (κ1) is 46.9. The first-order chi connectivity index (χ1) is 29.9. The van der Waals surface area contributed by atoms with Crippen molar-refractivity contribution in [3.8, 4) is 0 Å². The second-order valence-corrected chi connectivity index (χ2v) is 22.4. The lowest BCUT2D eigenvalue weighted by molar-refractivity contribution is -0.338. The van der Waals surface area contributed by atoms with E-state index < -0.39 is 58.1 Å². The molecule has 17 heteroatoms. The molecular formula is C47H51F3N3O8S3+. The number of para-hydroxylation sites is 1. The highest BCUT2D eigenvalue weighted by Crippen LogP contribution is 2.52. The predicted molar refractivity (Wildman–Crippen MR) is 247 cm³/mol. The van der Waals surface area contributed by atoms with Crippen LogP contribution in [-0.2, 0) is 41.1 Å². The summed E-state index contributed by atoms with van der Waals surface area (Å²) in [5, 5.41) is 1.98. The molecule has 0 spiro atoms. The topological polar surface area (TPSA) is 152 Å². The number of anilines is 2. The molecule has 340 valence electrons. The molecule has 0 saturated carbocycles. The number of nitrogens with zero attached hydrogens (tertiary/aromatic N) is 3. The van der Waals surface area contributed by atoms with Gasteiger partial charge in [-0.15, -0.1) is 3.98 Å². The summed E-state index contributed by atoms with van der Waals surface area (Å²) in [6.07, 6.45) is 7.99. The van der Waals surface area contributed by atoms with Crippen molar-refractivity contribution in [2.45, 2.75) is 69.7 Å². The minimum Gasteiger partial charge on any atom is -0.344 e. The van der Waals surface area contributed by atoms with Gasteiger partial charge in [0.05, 0.1) is 22.7 Å². The van der Waals surface area contributed by atoms with E-state index in [4.69, 9.17) is 0 Å². The smallest absolute Gasteiger partial charge is 0.344 e. The Labute approximate surface area is 373 Å². The quantitative estimate of drug-likeness (QED) is 0.0754. The fraction of sp³-hybridized carbons (Fsp3) is 0.340. The van der Waals surface area contributed by atoms with Crippen molar-refractivity contribution in [2.24, 2.45) is 0 Å². The third-order valence-electron chi connectivity index (χ3n) is 12.4. The minimum atomic E-state index is -5.94. The molecule has 64 heavy (non-hydrogen) atoms. The van der Waals surface area contributed by atoms with E-state index in [2.05, 4.69) is 0 Å². The molecule has 4 aromatic carbocycles. The number of allylic oxidation sites excluding steroid dienone is 8. The third-order valence-corrected chi connectivity index (χ3v) is 15.5. The van der Waals surface area contributed by atoms with Crippen molar-refractivity contribution in [3.05, 3.63) is 143 Å². The van der Waals surface area contributed by atoms with E-state index >= 15 is 0 Å². The maximum Gasteiger partial charge on any atom is 0.560 e. The van der Waals surface area contributed by atoms with Gasteiger partial charge in [0.25, 0.3) is 20.2 Å². The molecule has 0 bridgehead atoms. The molecule has 0 aromatic heterocycles. The van der Waals surface area contributed by atoms with Gasteiger partial charge in [0.15, 0.2) is 7.05 Å². The standard InChI is InChI=1S/C47H50F3N3O8S3/c1-45(2)38-20-10-11-21-39(38)52(28-12-14-30-62(54,55)56)41(45)26-23-36-34-18-8-9-19-35(34)37(44(36)51(5)64(60,61)47(48,49)50)24-27-42-46(3,4)43-33-17-7-6-16-32(33)22-25-40(43)53(42)29-13-15-31-63(57,58)59/h6-11,16-27H,12-15,28-31H2,1-5H3,(H-,54,55,56,57,58,59)/p+1. The summed E-state index contributed by atoms with van der Waals surface area (Å²) in [7, 11) is -13.4. The zero-order valence-corrected chi connectivity index (χ0v) is 38.5. The van der Waals surface area contributed by atoms with Crippen LogP contribution in [0.4, 0.5) is 24.5 Å². The molecule has 2 heterocycles. The van der Waals surface area contributed by atoms with Crippen molar-refractivity contribution in [2.75, 3.05) is 41.4 Å². The molecule has 11 nitrogen and oxygen atoms in total. The fourth-order valence-corrected chi connectivity index (χ4v) is 11.3. The highest BCUT2D eigenvalue weighted by Gasteiger charge is 2.56. The normalized spacial score (nSPS) is 20.5. The largest absolute Gasteiger partial charge is 0.560 e. The zero-order chi connectivity index (χ0) is 46.6. The minimum absolute atomic E-state index is 0.173. The second-order valence-electron chi connectivity index (χ2n) is 17.3. The maximum absolute atomic E-state index is 14.5. The number of rotatable bonds is 13. The van der Waals surface area contributed by atoms with Crippen LogP contribution in [-0.4, -0.2) is 81.2 Å². The monoisotopic (exact) mass is 938 g/mol. The molecule has 2 aliphatic heterocycles. The Bertz CT molecular complexity index is 3040. The Kier molecular flexibility index (Phi) is 12.5. The predicted octanol–water partition coefficient (Wildman–Crippen LogP) is 9.25. The van der Waals surface area contributed by atoms with Gasteiger partial charge in [0.2, 0.25) is 5.71 Å². The van der Waals surface area contributed by atoms with E-state index in [1.165, 1.54) is 0 Å². The number of hydrogen-bond donors (Lipinski definition) is 2. The summed E-state index contributed by atoms with van der Waals surface area (Å²) in [5.74, 6) is -0.839. The van der Waals surface area contributed by atoms with Gasteiger partial charge in [-0.05, 0) is 95.1 Å². The third kappa shape index (κ3) is 8.84. The van der Waals surface area contributed by atoms with Crippen molar-refractivity contribution >= 4 is 69.3 Å². The number of fused-ring (bicyclic) bond motifs is 5. The molecule has 1 aliphatic carbocycles. The van der Waals surface area contributed by atoms with Crippen molar-refractivity contribution in [1.29, 1.82) is 0 Å². The van der Waals surface area contributed by atoms with E-state index in [1.807, 2.05) is 98.2 Å². The van der Waals surface area contributed by atoms with E-state index in [0.29, 0.717) is 41.0 Å². The fourth-order valence-electron chi connectivity index (χ4n) is 9.40. The lowest BCUT2D eigenvalue weighted by Crippen LogP contribution is -2.35. The summed E-state index contributed by atoms with van der Waals surface area (Å²) in [6, 6.07) is 26.4. The summed E-state index contributed by atoms with van der Waals surface area (Å²) >= 11 is 0. The van der Waals surface area contributed by atoms with Gasteiger partial charge in [-0.3, -0.25) is 9.11 Å². The van der Waals surface area contributed by atoms with Crippen LogP contribution >= 0.6 is 0 Å². The average molecular weight is 939 g/mol. The van der Waals surface area contributed by atoms with Gasteiger partial charge in [0.1, 0.15) is 0 Å². The molecule has 0 fully saturated rings. The molecule has 7 rings (SSSR count). The van der Waals surface area contributed by atoms with Gasteiger partial charge in [-0.1, -0.05) is 100 Å². The van der Waals surface area contributed by atoms with Crippen LogP contribution in [0, 0.1) is 0 Å².